The molecule has 2 heterocycles. The zero-order chi connectivity index (χ0) is 14.5. The van der Waals surface area contributed by atoms with Crippen molar-refractivity contribution in [3.05, 3.63) is 48.0 Å². The Morgan fingerprint density at radius 3 is 3.19 bits per heavy atom. The van der Waals surface area contributed by atoms with E-state index in [0.29, 0.717) is 19.5 Å². The van der Waals surface area contributed by atoms with E-state index < -0.39 is 0 Å². The highest BCUT2D eigenvalue weighted by atomic mass is 16.1. The molecule has 1 amide bonds. The lowest BCUT2D eigenvalue weighted by molar-refractivity contribution is -0.121. The number of nitrogens with zero attached hydrogens (tertiary/aromatic N) is 3. The number of hydrogen-bond donors (Lipinski definition) is 2. The Morgan fingerprint density at radius 1 is 1.43 bits per heavy atom. The van der Waals surface area contributed by atoms with Gasteiger partial charge in [-0.3, -0.25) is 9.48 Å². The number of benzene rings is 1. The normalized spacial score (nSPS) is 17.2. The van der Waals surface area contributed by atoms with E-state index in [1.807, 2.05) is 6.07 Å². The minimum absolute atomic E-state index is 0.0374. The van der Waals surface area contributed by atoms with Gasteiger partial charge in [-0.2, -0.15) is 5.10 Å². The van der Waals surface area contributed by atoms with Gasteiger partial charge in [-0.1, -0.05) is 24.3 Å². The van der Waals surface area contributed by atoms with Gasteiger partial charge in [0.15, 0.2) is 0 Å². The first-order valence-corrected chi connectivity index (χ1v) is 7.23. The number of fused-ring (bicyclic) bond motifs is 1. The number of amides is 1. The predicted molar refractivity (Wildman–Crippen MR) is 78.5 cm³/mol. The molecule has 6 nitrogen and oxygen atoms in total. The van der Waals surface area contributed by atoms with Crippen molar-refractivity contribution in [2.75, 3.05) is 13.1 Å². The number of nitrogens with one attached hydrogen (secondary N) is 2. The predicted octanol–water partition coefficient (Wildman–Crippen LogP) is 0.671. The monoisotopic (exact) mass is 285 g/mol. The molecule has 0 fully saturated rings. The van der Waals surface area contributed by atoms with Gasteiger partial charge in [-0.05, 0) is 24.1 Å². The highest BCUT2D eigenvalue weighted by molar-refractivity contribution is 5.75. The third-order valence-electron chi connectivity index (χ3n) is 3.75. The average Bonchev–Trinajstić information content (AvgIpc) is 3.04. The molecule has 0 saturated heterocycles. The van der Waals surface area contributed by atoms with E-state index in [0.717, 1.165) is 13.0 Å². The number of rotatable bonds is 5. The number of carbonyl (C=O) groups excluding carboxylic acids is 1. The Bertz CT molecular complexity index is 596. The van der Waals surface area contributed by atoms with Crippen LogP contribution in [0.4, 0.5) is 0 Å². The standard InChI is InChI=1S/C15H19N5O/c21-15(6-8-20-11-16-10-19-20)18-9-14-13-4-2-1-3-12(13)5-7-17-14/h1-4,10-11,14,17H,5-9H2,(H,18,21). The van der Waals surface area contributed by atoms with Crippen molar-refractivity contribution in [2.45, 2.75) is 25.4 Å². The van der Waals surface area contributed by atoms with Gasteiger partial charge >= 0.3 is 0 Å². The summed E-state index contributed by atoms with van der Waals surface area (Å²) in [5.74, 6) is 0.0374. The third kappa shape index (κ3) is 3.46. The smallest absolute Gasteiger partial charge is 0.221 e. The van der Waals surface area contributed by atoms with Crippen molar-refractivity contribution < 1.29 is 4.79 Å². The average molecular weight is 285 g/mol. The first kappa shape index (κ1) is 13.8. The van der Waals surface area contributed by atoms with Crippen molar-refractivity contribution >= 4 is 5.91 Å². The molecule has 0 spiro atoms. The molecule has 2 aromatic rings. The number of aromatic nitrogens is 3. The Labute approximate surface area is 123 Å². The molecule has 1 aromatic carbocycles. The van der Waals surface area contributed by atoms with Crippen molar-refractivity contribution in [2.24, 2.45) is 0 Å². The molecule has 3 rings (SSSR count). The van der Waals surface area contributed by atoms with Crippen LogP contribution >= 0.6 is 0 Å². The van der Waals surface area contributed by atoms with E-state index in [1.54, 1.807) is 11.0 Å². The zero-order valence-electron chi connectivity index (χ0n) is 11.8. The van der Waals surface area contributed by atoms with Gasteiger partial charge in [0, 0.05) is 19.0 Å². The van der Waals surface area contributed by atoms with Crippen LogP contribution in [0.15, 0.2) is 36.9 Å². The number of aryl methyl sites for hydroxylation is 1. The van der Waals surface area contributed by atoms with E-state index in [9.17, 15) is 4.79 Å². The molecule has 6 heteroatoms. The molecule has 1 unspecified atom stereocenters. The lowest BCUT2D eigenvalue weighted by atomic mass is 9.94. The Hall–Kier alpha value is -2.21. The third-order valence-corrected chi connectivity index (χ3v) is 3.75. The van der Waals surface area contributed by atoms with Crippen LogP contribution in [-0.2, 0) is 17.8 Å². The summed E-state index contributed by atoms with van der Waals surface area (Å²) in [7, 11) is 0. The molecule has 1 atom stereocenters. The summed E-state index contributed by atoms with van der Waals surface area (Å²) in [5.41, 5.74) is 2.67. The zero-order valence-corrected chi connectivity index (χ0v) is 11.8. The first-order valence-electron chi connectivity index (χ1n) is 7.23. The highest BCUT2D eigenvalue weighted by Gasteiger charge is 2.19. The van der Waals surface area contributed by atoms with Crippen LogP contribution in [0.2, 0.25) is 0 Å². The summed E-state index contributed by atoms with van der Waals surface area (Å²) >= 11 is 0. The van der Waals surface area contributed by atoms with E-state index in [2.05, 4.69) is 38.9 Å². The molecule has 0 radical (unpaired) electrons. The van der Waals surface area contributed by atoms with Crippen LogP contribution in [0.25, 0.3) is 0 Å². The van der Waals surface area contributed by atoms with Crippen LogP contribution in [0.3, 0.4) is 0 Å². The van der Waals surface area contributed by atoms with Gasteiger partial charge in [-0.25, -0.2) is 4.98 Å². The second-order valence-electron chi connectivity index (χ2n) is 5.17. The minimum Gasteiger partial charge on any atom is -0.354 e. The van der Waals surface area contributed by atoms with Gasteiger partial charge in [0.05, 0.1) is 6.54 Å². The molecule has 110 valence electrons. The molecule has 0 aliphatic carbocycles. The maximum atomic E-state index is 11.9. The molecular formula is C15H19N5O. The van der Waals surface area contributed by atoms with Crippen molar-refractivity contribution in [3.63, 3.8) is 0 Å². The topological polar surface area (TPSA) is 71.8 Å². The van der Waals surface area contributed by atoms with Crippen LogP contribution in [0, 0.1) is 0 Å². The SMILES string of the molecule is O=C(CCn1cncn1)NCC1NCCc2ccccc21. The Kier molecular flexibility index (Phi) is 4.25. The Balaban J connectivity index is 1.50. The molecule has 1 aromatic heterocycles. The fraction of sp³-hybridized carbons (Fsp3) is 0.400. The maximum Gasteiger partial charge on any atom is 0.221 e. The maximum absolute atomic E-state index is 11.9. The van der Waals surface area contributed by atoms with E-state index in [1.165, 1.54) is 17.5 Å². The van der Waals surface area contributed by atoms with Crippen molar-refractivity contribution in [1.82, 2.24) is 25.4 Å². The second-order valence-corrected chi connectivity index (χ2v) is 5.17. The molecular weight excluding hydrogens is 266 g/mol. The summed E-state index contributed by atoms with van der Waals surface area (Å²) in [6.45, 7) is 2.13. The lowest BCUT2D eigenvalue weighted by Crippen LogP contribution is -2.39. The summed E-state index contributed by atoms with van der Waals surface area (Å²) in [6, 6.07) is 8.61. The van der Waals surface area contributed by atoms with Gasteiger partial charge in [0.1, 0.15) is 12.7 Å². The molecule has 1 aliphatic rings. The molecule has 0 saturated carbocycles. The molecule has 0 bridgehead atoms. The summed E-state index contributed by atoms with van der Waals surface area (Å²) < 4.78 is 1.66. The summed E-state index contributed by atoms with van der Waals surface area (Å²) in [5, 5.41) is 10.4. The fourth-order valence-corrected chi connectivity index (χ4v) is 2.64. The highest BCUT2D eigenvalue weighted by Crippen LogP contribution is 2.21. The largest absolute Gasteiger partial charge is 0.354 e. The molecule has 2 N–H and O–H groups in total. The Morgan fingerprint density at radius 2 is 2.33 bits per heavy atom. The van der Waals surface area contributed by atoms with Crippen molar-refractivity contribution in [3.8, 4) is 0 Å². The first-order chi connectivity index (χ1) is 10.3. The lowest BCUT2D eigenvalue weighted by Gasteiger charge is -2.27. The van der Waals surface area contributed by atoms with Gasteiger partial charge in [0.25, 0.3) is 0 Å². The minimum atomic E-state index is 0.0374. The van der Waals surface area contributed by atoms with Gasteiger partial charge in [0.2, 0.25) is 5.91 Å². The number of hydrogen-bond acceptors (Lipinski definition) is 4. The van der Waals surface area contributed by atoms with E-state index in [-0.39, 0.29) is 11.9 Å². The summed E-state index contributed by atoms with van der Waals surface area (Å²) in [6.07, 6.45) is 4.55. The van der Waals surface area contributed by atoms with Gasteiger partial charge in [-0.15, -0.1) is 0 Å². The van der Waals surface area contributed by atoms with E-state index in [4.69, 9.17) is 0 Å². The van der Waals surface area contributed by atoms with Crippen molar-refractivity contribution in [1.29, 1.82) is 0 Å². The van der Waals surface area contributed by atoms with Crippen LogP contribution in [-0.4, -0.2) is 33.8 Å². The van der Waals surface area contributed by atoms with Crippen LogP contribution < -0.4 is 10.6 Å². The molecule has 21 heavy (non-hydrogen) atoms. The number of carbonyl (C=O) groups is 1. The van der Waals surface area contributed by atoms with Gasteiger partial charge < -0.3 is 10.6 Å². The fourth-order valence-electron chi connectivity index (χ4n) is 2.64. The molecule has 1 aliphatic heterocycles. The summed E-state index contributed by atoms with van der Waals surface area (Å²) in [4.78, 5) is 15.7. The van der Waals surface area contributed by atoms with Crippen LogP contribution in [0.5, 0.6) is 0 Å². The quantitative estimate of drug-likeness (QED) is 0.847. The second kappa shape index (κ2) is 6.49. The van der Waals surface area contributed by atoms with Crippen LogP contribution in [0.1, 0.15) is 23.6 Å². The van der Waals surface area contributed by atoms with E-state index >= 15 is 0 Å².